The van der Waals surface area contributed by atoms with Gasteiger partial charge in [0.1, 0.15) is 5.75 Å². The molecule has 0 heterocycles. The number of benzene rings is 1. The molecule has 0 aliphatic heterocycles. The van der Waals surface area contributed by atoms with Crippen LogP contribution in [0.2, 0.25) is 0 Å². The molecule has 108 valence electrons. The largest absolute Gasteiger partial charge is 0.497 e. The van der Waals surface area contributed by atoms with E-state index in [1.54, 1.807) is 14.0 Å². The Morgan fingerprint density at radius 3 is 2.35 bits per heavy atom. The van der Waals surface area contributed by atoms with Crippen molar-refractivity contribution in [3.8, 4) is 11.8 Å². The second-order valence-corrected chi connectivity index (χ2v) is 4.81. The number of hydrogen-bond acceptors (Lipinski definition) is 4. The van der Waals surface area contributed by atoms with E-state index in [1.165, 1.54) is 0 Å². The zero-order valence-corrected chi connectivity index (χ0v) is 12.5. The van der Waals surface area contributed by atoms with Crippen molar-refractivity contribution in [2.45, 2.75) is 32.6 Å². The van der Waals surface area contributed by atoms with Crippen LogP contribution in [-0.4, -0.2) is 19.7 Å². The lowest BCUT2D eigenvalue weighted by Gasteiger charge is -2.32. The summed E-state index contributed by atoms with van der Waals surface area (Å²) in [5, 5.41) is 9.38. The molecule has 0 aromatic heterocycles. The van der Waals surface area contributed by atoms with Crippen LogP contribution in [-0.2, 0) is 14.9 Å². The van der Waals surface area contributed by atoms with Gasteiger partial charge in [-0.3, -0.25) is 4.79 Å². The third kappa shape index (κ3) is 3.11. The molecule has 0 amide bonds. The number of carbonyl (C=O) groups is 1. The van der Waals surface area contributed by atoms with Crippen LogP contribution in [0.25, 0.3) is 0 Å². The van der Waals surface area contributed by atoms with Gasteiger partial charge in [0.2, 0.25) is 0 Å². The highest BCUT2D eigenvalue weighted by atomic mass is 16.5. The van der Waals surface area contributed by atoms with Crippen molar-refractivity contribution in [3.05, 3.63) is 29.8 Å². The predicted molar refractivity (Wildman–Crippen MR) is 76.4 cm³/mol. The van der Waals surface area contributed by atoms with Crippen molar-refractivity contribution in [2.75, 3.05) is 13.7 Å². The Balaban J connectivity index is 3.16. The number of hydrogen-bond donors (Lipinski definition) is 0. The van der Waals surface area contributed by atoms with E-state index < -0.39 is 17.3 Å². The molecule has 0 aliphatic rings. The second-order valence-electron chi connectivity index (χ2n) is 4.81. The lowest BCUT2D eigenvalue weighted by atomic mass is 9.70. The molecule has 0 spiro atoms. The lowest BCUT2D eigenvalue weighted by molar-refractivity contribution is -0.148. The van der Waals surface area contributed by atoms with Crippen molar-refractivity contribution < 1.29 is 14.3 Å². The van der Waals surface area contributed by atoms with E-state index in [9.17, 15) is 10.1 Å². The van der Waals surface area contributed by atoms with Gasteiger partial charge >= 0.3 is 5.97 Å². The van der Waals surface area contributed by atoms with Crippen LogP contribution in [0.4, 0.5) is 0 Å². The average Bonchev–Trinajstić information content (AvgIpc) is 2.48. The Hall–Kier alpha value is -2.02. The fraction of sp³-hybridized carbons (Fsp3) is 0.500. The minimum atomic E-state index is -0.819. The number of ether oxygens (including phenoxy) is 2. The van der Waals surface area contributed by atoms with Gasteiger partial charge in [-0.05, 0) is 31.0 Å². The van der Waals surface area contributed by atoms with Crippen molar-refractivity contribution in [1.82, 2.24) is 0 Å². The molecule has 2 unspecified atom stereocenters. The van der Waals surface area contributed by atoms with Crippen LogP contribution >= 0.6 is 0 Å². The third-order valence-corrected chi connectivity index (χ3v) is 3.77. The van der Waals surface area contributed by atoms with E-state index in [2.05, 4.69) is 6.07 Å². The smallest absolute Gasteiger partial charge is 0.324 e. The molecule has 2 atom stereocenters. The highest BCUT2D eigenvalue weighted by Crippen LogP contribution is 2.36. The topological polar surface area (TPSA) is 59.3 Å². The van der Waals surface area contributed by atoms with Gasteiger partial charge in [0.25, 0.3) is 0 Å². The Morgan fingerprint density at radius 2 is 1.95 bits per heavy atom. The summed E-state index contributed by atoms with van der Waals surface area (Å²) in [6.45, 7) is 5.90. The molecule has 0 saturated carbocycles. The maximum Gasteiger partial charge on any atom is 0.324 e. The first-order valence-electron chi connectivity index (χ1n) is 6.74. The van der Waals surface area contributed by atoms with E-state index in [1.807, 2.05) is 38.1 Å². The first-order chi connectivity index (χ1) is 9.53. The molecule has 0 aliphatic carbocycles. The maximum atomic E-state index is 12.0. The summed E-state index contributed by atoms with van der Waals surface area (Å²) < 4.78 is 10.2. The first kappa shape index (κ1) is 16.0. The minimum absolute atomic E-state index is 0.277. The first-order valence-corrected chi connectivity index (χ1v) is 6.74. The van der Waals surface area contributed by atoms with Crippen LogP contribution < -0.4 is 4.74 Å². The molecule has 0 bridgehead atoms. The van der Waals surface area contributed by atoms with E-state index >= 15 is 0 Å². The molecule has 0 radical (unpaired) electrons. The number of nitrogens with zero attached hydrogens (tertiary/aromatic N) is 1. The zero-order valence-electron chi connectivity index (χ0n) is 12.5. The van der Waals surface area contributed by atoms with Crippen molar-refractivity contribution >= 4 is 5.97 Å². The van der Waals surface area contributed by atoms with E-state index in [0.717, 1.165) is 11.3 Å². The Kier molecular flexibility index (Phi) is 5.57. The van der Waals surface area contributed by atoms with Gasteiger partial charge < -0.3 is 9.47 Å². The van der Waals surface area contributed by atoms with Crippen LogP contribution in [0.1, 0.15) is 32.8 Å². The van der Waals surface area contributed by atoms with Crippen molar-refractivity contribution in [2.24, 2.45) is 5.92 Å². The van der Waals surface area contributed by atoms with Crippen molar-refractivity contribution in [1.29, 1.82) is 5.26 Å². The summed E-state index contributed by atoms with van der Waals surface area (Å²) in [6.07, 6.45) is 0.663. The summed E-state index contributed by atoms with van der Waals surface area (Å²) in [7, 11) is 1.60. The number of nitriles is 1. The highest BCUT2D eigenvalue weighted by Gasteiger charge is 2.40. The highest BCUT2D eigenvalue weighted by molar-refractivity contribution is 5.77. The van der Waals surface area contributed by atoms with E-state index in [-0.39, 0.29) is 6.61 Å². The normalized spacial score (nSPS) is 14.8. The zero-order chi connectivity index (χ0) is 15.2. The molecule has 4 heteroatoms. The van der Waals surface area contributed by atoms with Crippen molar-refractivity contribution in [3.63, 3.8) is 0 Å². The van der Waals surface area contributed by atoms with Gasteiger partial charge in [-0.2, -0.15) is 5.26 Å². The maximum absolute atomic E-state index is 12.0. The minimum Gasteiger partial charge on any atom is -0.497 e. The summed E-state index contributed by atoms with van der Waals surface area (Å²) in [5.41, 5.74) is 0.355. The van der Waals surface area contributed by atoms with E-state index in [4.69, 9.17) is 9.47 Å². The molecular formula is C16H21NO3. The molecule has 1 rings (SSSR count). The number of methoxy groups -OCH3 is 1. The van der Waals surface area contributed by atoms with Crippen LogP contribution in [0.5, 0.6) is 5.75 Å². The van der Waals surface area contributed by atoms with Crippen LogP contribution in [0.15, 0.2) is 24.3 Å². The summed E-state index contributed by atoms with van der Waals surface area (Å²) in [6, 6.07) is 9.56. The number of rotatable bonds is 6. The van der Waals surface area contributed by atoms with Gasteiger partial charge in [-0.15, -0.1) is 0 Å². The molecular weight excluding hydrogens is 254 g/mol. The fourth-order valence-electron chi connectivity index (χ4n) is 2.23. The van der Waals surface area contributed by atoms with Gasteiger partial charge in [0.05, 0.1) is 19.8 Å². The van der Waals surface area contributed by atoms with Gasteiger partial charge in [0.15, 0.2) is 5.92 Å². The van der Waals surface area contributed by atoms with Gasteiger partial charge in [0, 0.05) is 5.41 Å². The Bertz CT molecular complexity index is 489. The van der Waals surface area contributed by atoms with Crippen LogP contribution in [0.3, 0.4) is 0 Å². The monoisotopic (exact) mass is 275 g/mol. The summed E-state index contributed by atoms with van der Waals surface area (Å²) >= 11 is 0. The molecule has 4 nitrogen and oxygen atoms in total. The fourth-order valence-corrected chi connectivity index (χ4v) is 2.23. The molecule has 1 aromatic carbocycles. The number of carbonyl (C=O) groups excluding carboxylic acids is 1. The Labute approximate surface area is 120 Å². The molecule has 1 aromatic rings. The standard InChI is InChI=1S/C16H21NO3/c1-5-16(3,14(11-17)15(18)20-6-2)12-7-9-13(19-4)10-8-12/h7-10,14H,5-6H2,1-4H3. The summed E-state index contributed by atoms with van der Waals surface area (Å²) in [4.78, 5) is 12.0. The quantitative estimate of drug-likeness (QED) is 0.749. The number of esters is 1. The van der Waals surface area contributed by atoms with Gasteiger partial charge in [-0.25, -0.2) is 0 Å². The van der Waals surface area contributed by atoms with Crippen LogP contribution in [0, 0.1) is 17.2 Å². The molecule has 0 fully saturated rings. The lowest BCUT2D eigenvalue weighted by Crippen LogP contribution is -2.37. The third-order valence-electron chi connectivity index (χ3n) is 3.77. The van der Waals surface area contributed by atoms with E-state index in [0.29, 0.717) is 6.42 Å². The second kappa shape index (κ2) is 6.95. The Morgan fingerprint density at radius 1 is 1.35 bits per heavy atom. The SMILES string of the molecule is CCOC(=O)C(C#N)C(C)(CC)c1ccc(OC)cc1. The van der Waals surface area contributed by atoms with Gasteiger partial charge in [-0.1, -0.05) is 26.0 Å². The predicted octanol–water partition coefficient (Wildman–Crippen LogP) is 3.07. The molecule has 0 N–H and O–H groups in total. The summed E-state index contributed by atoms with van der Waals surface area (Å²) in [5.74, 6) is -0.534. The molecule has 0 saturated heterocycles. The molecule has 20 heavy (non-hydrogen) atoms. The average molecular weight is 275 g/mol.